The number of amides is 1. The molecule has 0 aromatic heterocycles. The van der Waals surface area contributed by atoms with Crippen LogP contribution in [0.3, 0.4) is 0 Å². The molecule has 0 N–H and O–H groups in total. The Hall–Kier alpha value is -1.26. The van der Waals surface area contributed by atoms with E-state index >= 15 is 0 Å². The van der Waals surface area contributed by atoms with Gasteiger partial charge in [-0.3, -0.25) is 9.69 Å². The van der Waals surface area contributed by atoms with Gasteiger partial charge < -0.3 is 0 Å². The first-order chi connectivity index (χ1) is 10.1. The maximum atomic E-state index is 12.6. The first kappa shape index (κ1) is 14.7. The number of fused-ring (bicyclic) bond motifs is 1. The van der Waals surface area contributed by atoms with Crippen LogP contribution in [0.2, 0.25) is 0 Å². The average Bonchev–Trinajstić information content (AvgIpc) is 2.49. The zero-order chi connectivity index (χ0) is 14.8. The van der Waals surface area contributed by atoms with E-state index in [1.54, 1.807) is 17.1 Å². The van der Waals surface area contributed by atoms with E-state index in [-0.39, 0.29) is 11.3 Å². The minimum Gasteiger partial charge on any atom is -0.283 e. The maximum Gasteiger partial charge on any atom is 0.262 e. The molecule has 1 aliphatic heterocycles. The summed E-state index contributed by atoms with van der Waals surface area (Å²) in [5.74, 6) is -0.0728. The Morgan fingerprint density at radius 2 is 2.29 bits per heavy atom. The highest BCUT2D eigenvalue weighted by Gasteiger charge is 2.31. The Bertz CT molecular complexity index is 603. The predicted molar refractivity (Wildman–Crippen MR) is 89.8 cm³/mol. The quantitative estimate of drug-likeness (QED) is 0.452. The number of halogens is 1. The molecule has 0 fully saturated rings. The van der Waals surface area contributed by atoms with Crippen molar-refractivity contribution in [2.75, 3.05) is 6.54 Å². The summed E-state index contributed by atoms with van der Waals surface area (Å²) in [7, 11) is 0. The number of thiocarbonyl (C=S) groups is 1. The Balaban J connectivity index is 1.74. The minimum atomic E-state index is -0.252. The molecule has 0 aromatic carbocycles. The fraction of sp³-hybridized carbons (Fsp3) is 0.438. The second-order valence-electron chi connectivity index (χ2n) is 5.48. The van der Waals surface area contributed by atoms with E-state index in [9.17, 15) is 4.79 Å². The number of allylic oxidation sites excluding steroid dienone is 4. The molecular formula is C16H17ClN2OS. The smallest absolute Gasteiger partial charge is 0.262 e. The minimum absolute atomic E-state index is 0.0728. The molecule has 5 heteroatoms. The van der Waals surface area contributed by atoms with E-state index in [2.05, 4.69) is 11.1 Å². The largest absolute Gasteiger partial charge is 0.283 e. The number of carbonyl (C=O) groups is 1. The fourth-order valence-electron chi connectivity index (χ4n) is 2.83. The highest BCUT2D eigenvalue weighted by Crippen LogP contribution is 2.24. The topological polar surface area (TPSA) is 32.7 Å². The van der Waals surface area contributed by atoms with Crippen LogP contribution in [0.1, 0.15) is 32.1 Å². The number of hydrogen-bond donors (Lipinski definition) is 0. The lowest BCUT2D eigenvalue weighted by molar-refractivity contribution is -0.123. The summed E-state index contributed by atoms with van der Waals surface area (Å²) in [4.78, 5) is 18.5. The Morgan fingerprint density at radius 3 is 3.05 bits per heavy atom. The van der Waals surface area contributed by atoms with Gasteiger partial charge in [0.15, 0.2) is 0 Å². The lowest BCUT2D eigenvalue weighted by atomic mass is 9.96. The molecule has 1 heterocycles. The van der Waals surface area contributed by atoms with Crippen molar-refractivity contribution in [1.29, 1.82) is 0 Å². The molecule has 3 rings (SSSR count). The Kier molecular flexibility index (Phi) is 4.36. The molecule has 0 saturated carbocycles. The summed E-state index contributed by atoms with van der Waals surface area (Å²) in [5.41, 5.74) is 2.64. The monoisotopic (exact) mass is 320 g/mol. The maximum absolute atomic E-state index is 12.6. The van der Waals surface area contributed by atoms with E-state index in [0.29, 0.717) is 22.9 Å². The zero-order valence-electron chi connectivity index (χ0n) is 11.7. The lowest BCUT2D eigenvalue weighted by Crippen LogP contribution is -2.43. The number of rotatable bonds is 3. The number of carbonyl (C=O) groups excluding carboxylic acids is 1. The van der Waals surface area contributed by atoms with Gasteiger partial charge in [-0.05, 0) is 56.5 Å². The third-order valence-corrected chi connectivity index (χ3v) is 4.59. The van der Waals surface area contributed by atoms with Gasteiger partial charge in [0.2, 0.25) is 5.11 Å². The normalized spacial score (nSPS) is 25.3. The van der Waals surface area contributed by atoms with Crippen molar-refractivity contribution in [1.82, 2.24) is 4.90 Å². The number of nitrogens with zero attached hydrogens (tertiary/aromatic N) is 2. The van der Waals surface area contributed by atoms with E-state index in [4.69, 9.17) is 23.8 Å². The highest BCUT2D eigenvalue weighted by atomic mass is 35.5. The van der Waals surface area contributed by atoms with Crippen molar-refractivity contribution >= 4 is 40.6 Å². The molecule has 0 aromatic rings. The molecule has 1 atom stereocenters. The summed E-state index contributed by atoms with van der Waals surface area (Å²) in [6.45, 7) is 0.605. The molecule has 110 valence electrons. The predicted octanol–water partition coefficient (Wildman–Crippen LogP) is 3.55. The van der Waals surface area contributed by atoms with Crippen molar-refractivity contribution in [2.45, 2.75) is 37.5 Å². The molecule has 1 amide bonds. The van der Waals surface area contributed by atoms with Crippen molar-refractivity contribution in [2.24, 2.45) is 4.99 Å². The first-order valence-corrected chi connectivity index (χ1v) is 8.16. The van der Waals surface area contributed by atoms with E-state index < -0.39 is 0 Å². The van der Waals surface area contributed by atoms with Crippen LogP contribution in [-0.2, 0) is 4.79 Å². The summed E-state index contributed by atoms with van der Waals surface area (Å²) in [5, 5.41) is 0.110. The van der Waals surface area contributed by atoms with Crippen molar-refractivity contribution in [3.05, 3.63) is 35.5 Å². The Morgan fingerprint density at radius 1 is 1.43 bits per heavy atom. The van der Waals surface area contributed by atoms with Crippen LogP contribution < -0.4 is 0 Å². The van der Waals surface area contributed by atoms with Crippen molar-refractivity contribution in [3.8, 4) is 0 Å². The van der Waals surface area contributed by atoms with Gasteiger partial charge in [0.1, 0.15) is 0 Å². The van der Waals surface area contributed by atoms with Gasteiger partial charge in [-0.25, -0.2) is 4.99 Å². The number of hydrogen-bond acceptors (Lipinski definition) is 2. The van der Waals surface area contributed by atoms with E-state index in [1.807, 2.05) is 6.08 Å². The second-order valence-corrected chi connectivity index (χ2v) is 6.35. The van der Waals surface area contributed by atoms with Crippen molar-refractivity contribution < 1.29 is 4.79 Å². The molecule has 0 bridgehead atoms. The standard InChI is InChI=1S/C16H17ClN2OS/c17-12-6-7-14-13(10-12)15(20)19(16(21)18-14)9-8-11-4-2-1-3-5-11/h4,6-7,10,12H,1-3,5,8-9H2. The van der Waals surface area contributed by atoms with Crippen LogP contribution in [0, 0.1) is 0 Å². The SMILES string of the molecule is O=C1C2=CC(Cl)C=CC2=NC(=S)N1CCC1=CCCCC1. The van der Waals surface area contributed by atoms with Gasteiger partial charge in [-0.2, -0.15) is 0 Å². The fourth-order valence-corrected chi connectivity index (χ4v) is 3.30. The molecule has 0 saturated heterocycles. The van der Waals surface area contributed by atoms with Gasteiger partial charge in [0.25, 0.3) is 5.91 Å². The molecule has 21 heavy (non-hydrogen) atoms. The molecule has 2 aliphatic carbocycles. The van der Waals surface area contributed by atoms with E-state index in [1.165, 1.54) is 18.4 Å². The summed E-state index contributed by atoms with van der Waals surface area (Å²) < 4.78 is 0. The van der Waals surface area contributed by atoms with Crippen LogP contribution in [0.25, 0.3) is 0 Å². The van der Waals surface area contributed by atoms with Gasteiger partial charge in [0, 0.05) is 6.54 Å². The van der Waals surface area contributed by atoms with Gasteiger partial charge in [0.05, 0.1) is 16.7 Å². The molecule has 0 spiro atoms. The third-order valence-electron chi connectivity index (χ3n) is 4.00. The highest BCUT2D eigenvalue weighted by molar-refractivity contribution is 7.80. The van der Waals surface area contributed by atoms with Crippen LogP contribution in [0.4, 0.5) is 0 Å². The summed E-state index contributed by atoms with van der Waals surface area (Å²) in [6.07, 6.45) is 13.3. The molecule has 3 nitrogen and oxygen atoms in total. The molecule has 3 aliphatic rings. The second kappa shape index (κ2) is 6.24. The average molecular weight is 321 g/mol. The van der Waals surface area contributed by atoms with Crippen LogP contribution >= 0.6 is 23.8 Å². The zero-order valence-corrected chi connectivity index (χ0v) is 13.3. The molecule has 0 radical (unpaired) electrons. The van der Waals surface area contributed by atoms with Gasteiger partial charge in [-0.15, -0.1) is 11.6 Å². The van der Waals surface area contributed by atoms with Gasteiger partial charge in [-0.1, -0.05) is 17.7 Å². The lowest BCUT2D eigenvalue weighted by Gasteiger charge is -2.28. The molecular weight excluding hydrogens is 304 g/mol. The van der Waals surface area contributed by atoms with Crippen LogP contribution in [0.15, 0.2) is 40.4 Å². The van der Waals surface area contributed by atoms with Gasteiger partial charge >= 0.3 is 0 Å². The summed E-state index contributed by atoms with van der Waals surface area (Å²) >= 11 is 11.3. The van der Waals surface area contributed by atoms with E-state index in [0.717, 1.165) is 19.3 Å². The number of alkyl halides is 1. The van der Waals surface area contributed by atoms with Crippen LogP contribution in [0.5, 0.6) is 0 Å². The first-order valence-electron chi connectivity index (χ1n) is 7.32. The third kappa shape index (κ3) is 3.16. The van der Waals surface area contributed by atoms with Crippen LogP contribution in [-0.4, -0.2) is 33.6 Å². The summed E-state index contributed by atoms with van der Waals surface area (Å²) in [6, 6.07) is 0. The Labute approximate surface area is 135 Å². The molecule has 1 unspecified atom stereocenters. The van der Waals surface area contributed by atoms with Crippen molar-refractivity contribution in [3.63, 3.8) is 0 Å². The number of aliphatic imine (C=N–C) groups is 1.